The number of hydrogen-bond acceptors (Lipinski definition) is 3. The molecule has 0 bridgehead atoms. The Morgan fingerprint density at radius 2 is 0.698 bits per heavy atom. The van der Waals surface area contributed by atoms with Crippen LogP contribution in [0.5, 0.6) is 0 Å². The second-order valence-corrected chi connectivity index (χ2v) is 19.0. The van der Waals surface area contributed by atoms with Gasteiger partial charge >= 0.3 is 0 Å². The summed E-state index contributed by atoms with van der Waals surface area (Å²) in [5.41, 5.74) is 0. The first-order chi connectivity index (χ1) is 31.2. The number of hydrogen-bond donors (Lipinski definition) is 3. The van der Waals surface area contributed by atoms with E-state index in [4.69, 9.17) is 0 Å². The molecule has 0 aliphatic heterocycles. The maximum atomic E-state index is 12.4. The van der Waals surface area contributed by atoms with Crippen LogP contribution in [-0.2, 0) is 4.79 Å². The Morgan fingerprint density at radius 1 is 0.397 bits per heavy atom. The van der Waals surface area contributed by atoms with Crippen LogP contribution in [0.25, 0.3) is 0 Å². The van der Waals surface area contributed by atoms with Gasteiger partial charge in [-0.25, -0.2) is 0 Å². The van der Waals surface area contributed by atoms with Crippen molar-refractivity contribution in [1.82, 2.24) is 5.32 Å². The fraction of sp³-hybridized carbons (Fsp3) is 0.814. The van der Waals surface area contributed by atoms with Gasteiger partial charge < -0.3 is 15.5 Å². The van der Waals surface area contributed by atoms with Crippen molar-refractivity contribution in [3.63, 3.8) is 0 Å². The van der Waals surface area contributed by atoms with E-state index in [1.807, 2.05) is 6.08 Å². The van der Waals surface area contributed by atoms with Crippen molar-refractivity contribution in [2.75, 3.05) is 6.61 Å². The van der Waals surface area contributed by atoms with Crippen molar-refractivity contribution < 1.29 is 15.0 Å². The van der Waals surface area contributed by atoms with Gasteiger partial charge in [0.2, 0.25) is 5.91 Å². The Hall–Kier alpha value is -1.91. The lowest BCUT2D eigenvalue weighted by Gasteiger charge is -2.20. The van der Waals surface area contributed by atoms with Gasteiger partial charge in [0.25, 0.3) is 0 Å². The average Bonchev–Trinajstić information content (AvgIpc) is 3.29. The van der Waals surface area contributed by atoms with Gasteiger partial charge in [-0.1, -0.05) is 286 Å². The molecule has 0 radical (unpaired) electrons. The molecule has 0 saturated carbocycles. The Bertz CT molecular complexity index is 1040. The van der Waals surface area contributed by atoms with Gasteiger partial charge in [-0.3, -0.25) is 4.79 Å². The van der Waals surface area contributed by atoms with Gasteiger partial charge in [0.15, 0.2) is 0 Å². The van der Waals surface area contributed by atoms with Crippen LogP contribution >= 0.6 is 0 Å². The summed E-state index contributed by atoms with van der Waals surface area (Å²) in [6.45, 7) is 4.21. The average molecular weight is 881 g/mol. The van der Waals surface area contributed by atoms with Gasteiger partial charge in [-0.15, -0.1) is 0 Å². The van der Waals surface area contributed by atoms with Crippen LogP contribution in [-0.4, -0.2) is 34.9 Å². The van der Waals surface area contributed by atoms with E-state index in [-0.39, 0.29) is 12.5 Å². The maximum Gasteiger partial charge on any atom is 0.220 e. The molecule has 0 saturated heterocycles. The molecular formula is C59H109NO3. The standard InChI is InChI=1S/C59H109NO3/c1-3-5-7-9-11-13-15-17-19-21-23-24-25-26-27-28-29-30-31-32-33-34-35-37-38-40-42-44-46-48-50-52-54-58(62)57(56-61)60-59(63)55-53-51-49-47-45-43-41-39-36-22-20-18-16-14-12-10-8-6-4-2/h6,8,12,14,18,20,36,39,52,54,57-58,61-62H,3-5,7,9-11,13,15-17,19,21-35,37-38,40-51,53,55-56H2,1-2H3,(H,60,63)/b8-6-,14-12-,20-18-,39-36-,54-52+. The van der Waals surface area contributed by atoms with E-state index >= 15 is 0 Å². The van der Waals surface area contributed by atoms with Gasteiger partial charge in [0.05, 0.1) is 18.8 Å². The van der Waals surface area contributed by atoms with Crippen LogP contribution < -0.4 is 5.32 Å². The molecule has 2 atom stereocenters. The van der Waals surface area contributed by atoms with E-state index in [0.717, 1.165) is 64.2 Å². The molecule has 0 aromatic rings. The molecule has 0 heterocycles. The molecule has 0 spiro atoms. The number of rotatable bonds is 51. The van der Waals surface area contributed by atoms with Crippen LogP contribution in [0.3, 0.4) is 0 Å². The molecule has 0 fully saturated rings. The lowest BCUT2D eigenvalue weighted by molar-refractivity contribution is -0.123. The van der Waals surface area contributed by atoms with Crippen molar-refractivity contribution in [1.29, 1.82) is 0 Å². The third-order valence-corrected chi connectivity index (χ3v) is 12.8. The molecule has 368 valence electrons. The molecule has 1 amide bonds. The zero-order valence-electron chi connectivity index (χ0n) is 42.3. The molecule has 0 aromatic heterocycles. The predicted molar refractivity (Wildman–Crippen MR) is 281 cm³/mol. The van der Waals surface area contributed by atoms with E-state index in [0.29, 0.717) is 6.42 Å². The molecule has 4 heteroatoms. The van der Waals surface area contributed by atoms with Crippen LogP contribution in [0.4, 0.5) is 0 Å². The van der Waals surface area contributed by atoms with Crippen molar-refractivity contribution in [3.05, 3.63) is 60.8 Å². The quantitative estimate of drug-likeness (QED) is 0.0421. The van der Waals surface area contributed by atoms with E-state index in [2.05, 4.69) is 67.8 Å². The highest BCUT2D eigenvalue weighted by Gasteiger charge is 2.18. The van der Waals surface area contributed by atoms with Gasteiger partial charge in [-0.2, -0.15) is 0 Å². The van der Waals surface area contributed by atoms with Crippen molar-refractivity contribution >= 4 is 5.91 Å². The molecular weight excluding hydrogens is 771 g/mol. The van der Waals surface area contributed by atoms with Gasteiger partial charge in [-0.05, 0) is 57.8 Å². The number of carbonyl (C=O) groups excluding carboxylic acids is 1. The summed E-state index contributed by atoms with van der Waals surface area (Å²) in [4.78, 5) is 12.4. The Labute approximate surface area is 394 Å². The first kappa shape index (κ1) is 61.1. The smallest absolute Gasteiger partial charge is 0.220 e. The first-order valence-corrected chi connectivity index (χ1v) is 28.0. The number of aliphatic hydroxyl groups excluding tert-OH is 2. The molecule has 4 nitrogen and oxygen atoms in total. The monoisotopic (exact) mass is 880 g/mol. The molecule has 0 aromatic carbocycles. The molecule has 0 aliphatic carbocycles. The van der Waals surface area contributed by atoms with E-state index < -0.39 is 12.1 Å². The maximum absolute atomic E-state index is 12.4. The molecule has 0 rings (SSSR count). The third-order valence-electron chi connectivity index (χ3n) is 12.8. The van der Waals surface area contributed by atoms with Crippen LogP contribution in [0.2, 0.25) is 0 Å². The lowest BCUT2D eigenvalue weighted by atomic mass is 10.0. The summed E-state index contributed by atoms with van der Waals surface area (Å²) in [5, 5.41) is 23.2. The number of amides is 1. The highest BCUT2D eigenvalue weighted by atomic mass is 16.3. The number of unbranched alkanes of at least 4 members (excludes halogenated alkanes) is 36. The molecule has 3 N–H and O–H groups in total. The minimum atomic E-state index is -0.849. The number of allylic oxidation sites excluding steroid dienone is 9. The summed E-state index contributed by atoms with van der Waals surface area (Å²) in [6, 6.07) is -0.634. The Morgan fingerprint density at radius 3 is 1.05 bits per heavy atom. The topological polar surface area (TPSA) is 69.6 Å². The minimum absolute atomic E-state index is 0.0770. The lowest BCUT2D eigenvalue weighted by Crippen LogP contribution is -2.45. The van der Waals surface area contributed by atoms with Gasteiger partial charge in [0, 0.05) is 6.42 Å². The fourth-order valence-corrected chi connectivity index (χ4v) is 8.53. The van der Waals surface area contributed by atoms with Crippen LogP contribution in [0.15, 0.2) is 60.8 Å². The minimum Gasteiger partial charge on any atom is -0.394 e. The zero-order valence-corrected chi connectivity index (χ0v) is 42.3. The van der Waals surface area contributed by atoms with Crippen LogP contribution in [0, 0.1) is 0 Å². The highest BCUT2D eigenvalue weighted by molar-refractivity contribution is 5.76. The first-order valence-electron chi connectivity index (χ1n) is 28.0. The fourth-order valence-electron chi connectivity index (χ4n) is 8.53. The largest absolute Gasteiger partial charge is 0.394 e. The third kappa shape index (κ3) is 50.9. The Kier molecular flexibility index (Phi) is 52.8. The van der Waals surface area contributed by atoms with E-state index in [1.165, 1.54) is 205 Å². The summed E-state index contributed by atoms with van der Waals surface area (Å²) >= 11 is 0. The SMILES string of the molecule is CC/C=C\C/C=C\C/C=C\C/C=C\CCCCCCCCC(=O)NC(CO)C(O)/C=C/CCCCCCCCCCCCCCCCCCCCCCCCCCCCCCCC. The summed E-state index contributed by atoms with van der Waals surface area (Å²) in [5.74, 6) is -0.0770. The Balaban J connectivity index is 3.48. The zero-order chi connectivity index (χ0) is 45.6. The van der Waals surface area contributed by atoms with Crippen LogP contribution in [0.1, 0.15) is 290 Å². The second-order valence-electron chi connectivity index (χ2n) is 19.0. The normalized spacial score (nSPS) is 13.3. The van der Waals surface area contributed by atoms with Gasteiger partial charge in [0.1, 0.15) is 0 Å². The number of carbonyl (C=O) groups is 1. The summed E-state index contributed by atoms with van der Waals surface area (Å²) < 4.78 is 0. The second kappa shape index (κ2) is 54.4. The highest BCUT2D eigenvalue weighted by Crippen LogP contribution is 2.17. The molecule has 0 aliphatic rings. The predicted octanol–water partition coefficient (Wildman–Crippen LogP) is 18.4. The van der Waals surface area contributed by atoms with E-state index in [1.54, 1.807) is 6.08 Å². The summed E-state index contributed by atoms with van der Waals surface area (Å²) in [6.07, 6.45) is 76.7. The molecule has 63 heavy (non-hydrogen) atoms. The van der Waals surface area contributed by atoms with E-state index in [9.17, 15) is 15.0 Å². The molecule has 2 unspecified atom stereocenters. The van der Waals surface area contributed by atoms with Crippen molar-refractivity contribution in [2.45, 2.75) is 302 Å². The number of aliphatic hydroxyl groups is 2. The summed E-state index contributed by atoms with van der Waals surface area (Å²) in [7, 11) is 0. The van der Waals surface area contributed by atoms with Crippen molar-refractivity contribution in [2.24, 2.45) is 0 Å². The van der Waals surface area contributed by atoms with Crippen molar-refractivity contribution in [3.8, 4) is 0 Å². The number of nitrogens with one attached hydrogen (secondary N) is 1.